The van der Waals surface area contributed by atoms with E-state index in [9.17, 15) is 4.79 Å². The Bertz CT molecular complexity index is 430. The zero-order valence-corrected chi connectivity index (χ0v) is 11.4. The Morgan fingerprint density at radius 2 is 2.21 bits per heavy atom. The zero-order valence-electron chi connectivity index (χ0n) is 11.4. The van der Waals surface area contributed by atoms with Crippen molar-refractivity contribution >= 4 is 11.8 Å². The van der Waals surface area contributed by atoms with Crippen LogP contribution >= 0.6 is 0 Å². The molecule has 1 N–H and O–H groups in total. The molecule has 0 bridgehead atoms. The fourth-order valence-corrected chi connectivity index (χ4v) is 2.02. The van der Waals surface area contributed by atoms with Crippen molar-refractivity contribution in [2.24, 2.45) is 0 Å². The minimum atomic E-state index is -0.0446. The summed E-state index contributed by atoms with van der Waals surface area (Å²) in [4.78, 5) is 20.0. The maximum absolute atomic E-state index is 12.0. The van der Waals surface area contributed by atoms with E-state index in [-0.39, 0.29) is 6.03 Å². The van der Waals surface area contributed by atoms with Crippen molar-refractivity contribution in [1.82, 2.24) is 15.2 Å². The molecule has 0 radical (unpaired) electrons. The Labute approximate surface area is 113 Å². The second-order valence-corrected chi connectivity index (χ2v) is 4.64. The first kappa shape index (κ1) is 13.6. The molecule has 2 amide bonds. The Morgan fingerprint density at radius 1 is 1.47 bits per heavy atom. The van der Waals surface area contributed by atoms with Gasteiger partial charge in [0.1, 0.15) is 5.82 Å². The van der Waals surface area contributed by atoms with Gasteiger partial charge in [-0.25, -0.2) is 9.78 Å². The number of amides is 2. The molecule has 0 aliphatic carbocycles. The molecule has 0 aromatic carbocycles. The lowest BCUT2D eigenvalue weighted by molar-refractivity contribution is 0.0531. The third-order valence-electron chi connectivity index (χ3n) is 3.02. The van der Waals surface area contributed by atoms with E-state index in [2.05, 4.69) is 10.3 Å². The molecule has 1 aromatic rings. The molecule has 1 aliphatic rings. The number of hydrogen-bond donors (Lipinski definition) is 1. The first-order chi connectivity index (χ1) is 9.18. The van der Waals surface area contributed by atoms with Gasteiger partial charge in [0.2, 0.25) is 0 Å². The van der Waals surface area contributed by atoms with Gasteiger partial charge in [0.25, 0.3) is 0 Å². The lowest BCUT2D eigenvalue weighted by atomic mass is 10.2. The van der Waals surface area contributed by atoms with Gasteiger partial charge in [0.15, 0.2) is 0 Å². The molecule has 0 spiro atoms. The van der Waals surface area contributed by atoms with Crippen LogP contribution in [-0.4, -0.2) is 56.3 Å². The van der Waals surface area contributed by atoms with Crippen LogP contribution in [0.25, 0.3) is 0 Å². The molecule has 19 heavy (non-hydrogen) atoms. The number of anilines is 1. The Balaban J connectivity index is 1.93. The fraction of sp³-hybridized carbons (Fsp3) is 0.538. The summed E-state index contributed by atoms with van der Waals surface area (Å²) in [6, 6.07) is 3.81. The van der Waals surface area contributed by atoms with Crippen LogP contribution in [0.3, 0.4) is 0 Å². The highest BCUT2D eigenvalue weighted by atomic mass is 16.5. The minimum Gasteiger partial charge on any atom is -0.378 e. The summed E-state index contributed by atoms with van der Waals surface area (Å²) in [6.45, 7) is 3.02. The van der Waals surface area contributed by atoms with Crippen LogP contribution in [0.5, 0.6) is 0 Å². The van der Waals surface area contributed by atoms with Gasteiger partial charge in [-0.05, 0) is 6.07 Å². The van der Waals surface area contributed by atoms with Gasteiger partial charge >= 0.3 is 6.03 Å². The number of pyridine rings is 1. The highest BCUT2D eigenvalue weighted by Crippen LogP contribution is 2.13. The largest absolute Gasteiger partial charge is 0.378 e. The van der Waals surface area contributed by atoms with E-state index in [0.29, 0.717) is 32.8 Å². The van der Waals surface area contributed by atoms with E-state index in [0.717, 1.165) is 11.4 Å². The van der Waals surface area contributed by atoms with E-state index in [1.165, 1.54) is 0 Å². The predicted molar refractivity (Wildman–Crippen MR) is 73.2 cm³/mol. The maximum atomic E-state index is 12.0. The standard InChI is InChI=1S/C13H20N4O2/c1-16(2)12-11(4-3-5-14-12)10-15-13(18)17-6-8-19-9-7-17/h3-5H,6-10H2,1-2H3,(H,15,18). The molecule has 1 aromatic heterocycles. The summed E-state index contributed by atoms with van der Waals surface area (Å²) in [5, 5.41) is 2.93. The number of morpholine rings is 1. The Kier molecular flexibility index (Phi) is 4.57. The third kappa shape index (κ3) is 3.57. The van der Waals surface area contributed by atoms with Crippen molar-refractivity contribution in [2.45, 2.75) is 6.54 Å². The van der Waals surface area contributed by atoms with Gasteiger partial charge in [0, 0.05) is 45.5 Å². The van der Waals surface area contributed by atoms with E-state index in [1.54, 1.807) is 11.1 Å². The quantitative estimate of drug-likeness (QED) is 0.872. The van der Waals surface area contributed by atoms with Crippen LogP contribution in [-0.2, 0) is 11.3 Å². The minimum absolute atomic E-state index is 0.0446. The van der Waals surface area contributed by atoms with Gasteiger partial charge in [-0.2, -0.15) is 0 Å². The van der Waals surface area contributed by atoms with Gasteiger partial charge in [0.05, 0.1) is 13.2 Å². The smallest absolute Gasteiger partial charge is 0.317 e. The molecule has 104 valence electrons. The average molecular weight is 264 g/mol. The van der Waals surface area contributed by atoms with Crippen LogP contribution < -0.4 is 10.2 Å². The van der Waals surface area contributed by atoms with Crippen molar-refractivity contribution in [3.05, 3.63) is 23.9 Å². The van der Waals surface area contributed by atoms with Crippen LogP contribution in [0.1, 0.15) is 5.56 Å². The van der Waals surface area contributed by atoms with Crippen LogP contribution in [0, 0.1) is 0 Å². The molecule has 6 nitrogen and oxygen atoms in total. The Hall–Kier alpha value is -1.82. The van der Waals surface area contributed by atoms with Gasteiger partial charge in [-0.15, -0.1) is 0 Å². The normalized spacial score (nSPS) is 15.2. The summed E-state index contributed by atoms with van der Waals surface area (Å²) in [5.41, 5.74) is 1.01. The van der Waals surface area contributed by atoms with Crippen molar-refractivity contribution in [3.8, 4) is 0 Å². The third-order valence-corrected chi connectivity index (χ3v) is 3.02. The molecular formula is C13H20N4O2. The van der Waals surface area contributed by atoms with Crippen molar-refractivity contribution in [1.29, 1.82) is 0 Å². The molecule has 2 rings (SSSR count). The number of rotatable bonds is 3. The predicted octanol–water partition coefficient (Wildman–Crippen LogP) is 0.689. The second-order valence-electron chi connectivity index (χ2n) is 4.64. The molecule has 0 unspecified atom stereocenters. The van der Waals surface area contributed by atoms with Gasteiger partial charge in [-0.1, -0.05) is 6.07 Å². The van der Waals surface area contributed by atoms with Crippen molar-refractivity contribution in [2.75, 3.05) is 45.3 Å². The van der Waals surface area contributed by atoms with Crippen LogP contribution in [0.2, 0.25) is 0 Å². The molecule has 1 aliphatic heterocycles. The summed E-state index contributed by atoms with van der Waals surface area (Å²) in [6.07, 6.45) is 1.75. The average Bonchev–Trinajstić information content (AvgIpc) is 2.46. The molecule has 1 saturated heterocycles. The molecule has 1 fully saturated rings. The number of carbonyl (C=O) groups is 1. The van der Waals surface area contributed by atoms with E-state index < -0.39 is 0 Å². The highest BCUT2D eigenvalue weighted by molar-refractivity contribution is 5.74. The van der Waals surface area contributed by atoms with Gasteiger partial charge in [-0.3, -0.25) is 0 Å². The monoisotopic (exact) mass is 264 g/mol. The van der Waals surface area contributed by atoms with E-state index >= 15 is 0 Å². The highest BCUT2D eigenvalue weighted by Gasteiger charge is 2.16. The molecule has 0 saturated carbocycles. The number of nitrogens with zero attached hydrogens (tertiary/aromatic N) is 3. The number of hydrogen-bond acceptors (Lipinski definition) is 4. The molecule has 6 heteroatoms. The van der Waals surface area contributed by atoms with Crippen LogP contribution in [0.15, 0.2) is 18.3 Å². The first-order valence-electron chi connectivity index (χ1n) is 6.40. The fourth-order valence-electron chi connectivity index (χ4n) is 2.02. The molecule has 0 atom stereocenters. The van der Waals surface area contributed by atoms with E-state index in [1.807, 2.05) is 31.1 Å². The lowest BCUT2D eigenvalue weighted by Gasteiger charge is -2.27. The second kappa shape index (κ2) is 6.38. The van der Waals surface area contributed by atoms with Crippen molar-refractivity contribution < 1.29 is 9.53 Å². The number of urea groups is 1. The maximum Gasteiger partial charge on any atom is 0.317 e. The number of nitrogens with one attached hydrogen (secondary N) is 1. The summed E-state index contributed by atoms with van der Waals surface area (Å²) in [5.74, 6) is 0.879. The first-order valence-corrected chi connectivity index (χ1v) is 6.40. The molecular weight excluding hydrogens is 244 g/mol. The summed E-state index contributed by atoms with van der Waals surface area (Å²) < 4.78 is 5.22. The SMILES string of the molecule is CN(C)c1ncccc1CNC(=O)N1CCOCC1. The van der Waals surface area contributed by atoms with Crippen LogP contribution in [0.4, 0.5) is 10.6 Å². The molecule has 2 heterocycles. The van der Waals surface area contributed by atoms with Gasteiger partial charge < -0.3 is 19.9 Å². The zero-order chi connectivity index (χ0) is 13.7. The van der Waals surface area contributed by atoms with E-state index in [4.69, 9.17) is 4.74 Å². The number of ether oxygens (including phenoxy) is 1. The number of aromatic nitrogens is 1. The topological polar surface area (TPSA) is 57.7 Å². The van der Waals surface area contributed by atoms with Crippen molar-refractivity contribution in [3.63, 3.8) is 0 Å². The number of carbonyl (C=O) groups excluding carboxylic acids is 1. The Morgan fingerprint density at radius 3 is 2.89 bits per heavy atom. The summed E-state index contributed by atoms with van der Waals surface area (Å²) >= 11 is 0. The lowest BCUT2D eigenvalue weighted by Crippen LogP contribution is -2.46. The summed E-state index contributed by atoms with van der Waals surface area (Å²) in [7, 11) is 3.88.